The first-order valence-electron chi connectivity index (χ1n) is 6.18. The fraction of sp³-hybridized carbons (Fsp3) is 0.615. The quantitative estimate of drug-likeness (QED) is 0.847. The van der Waals surface area contributed by atoms with Crippen molar-refractivity contribution in [1.82, 2.24) is 4.98 Å². The number of nitrogens with zero attached hydrogens (tertiary/aromatic N) is 2. The maximum absolute atomic E-state index is 5.79. The van der Waals surface area contributed by atoms with Crippen molar-refractivity contribution in [3.63, 3.8) is 0 Å². The summed E-state index contributed by atoms with van der Waals surface area (Å²) in [7, 11) is 0. The molecule has 3 heteroatoms. The van der Waals surface area contributed by atoms with Crippen LogP contribution in [0.3, 0.4) is 0 Å². The number of aryl methyl sites for hydroxylation is 1. The van der Waals surface area contributed by atoms with E-state index in [-0.39, 0.29) is 0 Å². The van der Waals surface area contributed by atoms with Gasteiger partial charge in [0.05, 0.1) is 0 Å². The predicted octanol–water partition coefficient (Wildman–Crippen LogP) is 2.23. The van der Waals surface area contributed by atoms with Gasteiger partial charge in [-0.25, -0.2) is 0 Å². The van der Waals surface area contributed by atoms with Gasteiger partial charge < -0.3 is 10.6 Å². The molecule has 1 aromatic heterocycles. The summed E-state index contributed by atoms with van der Waals surface area (Å²) >= 11 is 0. The van der Waals surface area contributed by atoms with Crippen LogP contribution < -0.4 is 10.6 Å². The summed E-state index contributed by atoms with van der Waals surface area (Å²) in [6.07, 6.45) is 5.74. The molecule has 1 saturated heterocycles. The molecule has 1 aliphatic rings. The number of hydrogen-bond acceptors (Lipinski definition) is 3. The van der Waals surface area contributed by atoms with Crippen LogP contribution in [0, 0.1) is 6.92 Å². The number of hydrogen-bond donors (Lipinski definition) is 1. The largest absolute Gasteiger partial charge is 0.368 e. The zero-order chi connectivity index (χ0) is 11.5. The van der Waals surface area contributed by atoms with E-state index < -0.39 is 0 Å². The van der Waals surface area contributed by atoms with Crippen molar-refractivity contribution < 1.29 is 0 Å². The second kappa shape index (κ2) is 4.83. The zero-order valence-electron chi connectivity index (χ0n) is 10.2. The average Bonchev–Trinajstić information content (AvgIpc) is 2.76. The lowest BCUT2D eigenvalue weighted by molar-refractivity contribution is 0.643. The molecule has 2 rings (SSSR count). The number of nitrogens with two attached hydrogens (primary N) is 1. The van der Waals surface area contributed by atoms with Crippen LogP contribution in [0.25, 0.3) is 0 Å². The van der Waals surface area contributed by atoms with E-state index in [9.17, 15) is 0 Å². The molecule has 16 heavy (non-hydrogen) atoms. The maximum Gasteiger partial charge on any atom is 0.0447 e. The molecule has 1 atom stereocenters. The van der Waals surface area contributed by atoms with E-state index in [1.807, 2.05) is 13.1 Å². The van der Waals surface area contributed by atoms with Crippen molar-refractivity contribution in [2.24, 2.45) is 5.73 Å². The number of rotatable bonds is 3. The molecule has 88 valence electrons. The minimum atomic E-state index is 0.579. The van der Waals surface area contributed by atoms with E-state index in [1.54, 1.807) is 0 Å². The van der Waals surface area contributed by atoms with Crippen LogP contribution in [-0.2, 0) is 6.54 Å². The first-order valence-corrected chi connectivity index (χ1v) is 6.18. The molecule has 2 N–H and O–H groups in total. The van der Waals surface area contributed by atoms with E-state index in [0.29, 0.717) is 12.6 Å². The smallest absolute Gasteiger partial charge is 0.0447 e. The van der Waals surface area contributed by atoms with Gasteiger partial charge in [-0.05, 0) is 32.3 Å². The molecule has 3 nitrogen and oxygen atoms in total. The van der Waals surface area contributed by atoms with Crippen LogP contribution in [0.5, 0.6) is 0 Å². The molecule has 0 bridgehead atoms. The molecule has 1 aromatic rings. The third-order valence-electron chi connectivity index (χ3n) is 3.48. The molecule has 1 aliphatic heterocycles. The van der Waals surface area contributed by atoms with E-state index >= 15 is 0 Å². The third kappa shape index (κ3) is 2.05. The van der Waals surface area contributed by atoms with Crippen LogP contribution in [0.4, 0.5) is 5.69 Å². The summed E-state index contributed by atoms with van der Waals surface area (Å²) in [6.45, 7) is 6.05. The van der Waals surface area contributed by atoms with Crippen molar-refractivity contribution >= 4 is 5.69 Å². The minimum Gasteiger partial charge on any atom is -0.368 e. The Morgan fingerprint density at radius 1 is 1.56 bits per heavy atom. The van der Waals surface area contributed by atoms with Crippen LogP contribution in [-0.4, -0.2) is 17.6 Å². The van der Waals surface area contributed by atoms with Crippen molar-refractivity contribution in [2.75, 3.05) is 11.4 Å². The van der Waals surface area contributed by atoms with Crippen LogP contribution in [0.15, 0.2) is 12.3 Å². The molecular weight excluding hydrogens is 198 g/mol. The molecule has 2 heterocycles. The lowest BCUT2D eigenvalue weighted by Gasteiger charge is -2.28. The topological polar surface area (TPSA) is 42.2 Å². The Balaban J connectivity index is 2.34. The number of anilines is 1. The molecule has 0 saturated carbocycles. The molecule has 0 aliphatic carbocycles. The Hall–Kier alpha value is -1.09. The molecule has 0 amide bonds. The standard InChI is InChI=1S/C13H21N3/c1-3-12-5-4-6-16(12)13-7-10(2)15-9-11(13)8-14/h7,9,12H,3-6,8,14H2,1-2H3. The molecule has 0 spiro atoms. The van der Waals surface area contributed by atoms with Crippen molar-refractivity contribution in [3.8, 4) is 0 Å². The summed E-state index contributed by atoms with van der Waals surface area (Å²) in [6, 6.07) is 2.86. The van der Waals surface area contributed by atoms with Crippen molar-refractivity contribution in [1.29, 1.82) is 0 Å². The van der Waals surface area contributed by atoms with E-state index in [2.05, 4.69) is 22.9 Å². The minimum absolute atomic E-state index is 0.579. The first kappa shape index (κ1) is 11.4. The average molecular weight is 219 g/mol. The van der Waals surface area contributed by atoms with Gasteiger partial charge in [0.1, 0.15) is 0 Å². The highest BCUT2D eigenvalue weighted by Gasteiger charge is 2.24. The second-order valence-corrected chi connectivity index (χ2v) is 4.56. The van der Waals surface area contributed by atoms with Crippen LogP contribution in [0.2, 0.25) is 0 Å². The summed E-state index contributed by atoms with van der Waals surface area (Å²) in [5.41, 5.74) is 9.34. The molecule has 0 radical (unpaired) electrons. The molecule has 1 unspecified atom stereocenters. The highest BCUT2D eigenvalue weighted by atomic mass is 15.2. The van der Waals surface area contributed by atoms with Crippen molar-refractivity contribution in [3.05, 3.63) is 23.5 Å². The van der Waals surface area contributed by atoms with Gasteiger partial charge in [0.15, 0.2) is 0 Å². The van der Waals surface area contributed by atoms with Gasteiger partial charge >= 0.3 is 0 Å². The van der Waals surface area contributed by atoms with E-state index in [0.717, 1.165) is 12.2 Å². The summed E-state index contributed by atoms with van der Waals surface area (Å²) in [5, 5.41) is 0. The third-order valence-corrected chi connectivity index (χ3v) is 3.48. The van der Waals surface area contributed by atoms with Crippen LogP contribution in [0.1, 0.15) is 37.4 Å². The Morgan fingerprint density at radius 3 is 3.06 bits per heavy atom. The molecular formula is C13H21N3. The van der Waals surface area contributed by atoms with Crippen molar-refractivity contribution in [2.45, 2.75) is 45.7 Å². The normalized spacial score (nSPS) is 20.4. The molecule has 0 aromatic carbocycles. The molecule has 1 fully saturated rings. The lowest BCUT2D eigenvalue weighted by atomic mass is 10.1. The van der Waals surface area contributed by atoms with Gasteiger partial charge in [0.2, 0.25) is 0 Å². The monoisotopic (exact) mass is 219 g/mol. The number of aromatic nitrogens is 1. The zero-order valence-corrected chi connectivity index (χ0v) is 10.2. The lowest BCUT2D eigenvalue weighted by Crippen LogP contribution is -2.29. The van der Waals surface area contributed by atoms with Gasteiger partial charge in [0, 0.05) is 42.3 Å². The summed E-state index contributed by atoms with van der Waals surface area (Å²) in [4.78, 5) is 6.84. The fourth-order valence-corrected chi connectivity index (χ4v) is 2.58. The number of pyridine rings is 1. The van der Waals surface area contributed by atoms with Crippen LogP contribution >= 0.6 is 0 Å². The Bertz CT molecular complexity index is 362. The maximum atomic E-state index is 5.79. The van der Waals surface area contributed by atoms with Gasteiger partial charge in [-0.3, -0.25) is 4.98 Å². The van der Waals surface area contributed by atoms with Gasteiger partial charge in [0.25, 0.3) is 0 Å². The summed E-state index contributed by atoms with van der Waals surface area (Å²) in [5.74, 6) is 0. The van der Waals surface area contributed by atoms with Gasteiger partial charge in [-0.15, -0.1) is 0 Å². The van der Waals surface area contributed by atoms with Gasteiger partial charge in [-0.1, -0.05) is 6.92 Å². The Morgan fingerprint density at radius 2 is 2.38 bits per heavy atom. The Kier molecular flexibility index (Phi) is 3.44. The fourth-order valence-electron chi connectivity index (χ4n) is 2.58. The predicted molar refractivity (Wildman–Crippen MR) is 67.5 cm³/mol. The summed E-state index contributed by atoms with van der Waals surface area (Å²) < 4.78 is 0. The Labute approximate surface area is 97.7 Å². The van der Waals surface area contributed by atoms with Gasteiger partial charge in [-0.2, -0.15) is 0 Å². The van der Waals surface area contributed by atoms with E-state index in [4.69, 9.17) is 5.73 Å². The first-order chi connectivity index (χ1) is 7.76. The second-order valence-electron chi connectivity index (χ2n) is 4.56. The highest BCUT2D eigenvalue weighted by Crippen LogP contribution is 2.30. The highest BCUT2D eigenvalue weighted by molar-refractivity contribution is 5.55. The van der Waals surface area contributed by atoms with E-state index in [1.165, 1.54) is 30.5 Å². The SMILES string of the molecule is CCC1CCCN1c1cc(C)ncc1CN.